The molecule has 0 amide bonds. The van der Waals surface area contributed by atoms with Gasteiger partial charge in [0.2, 0.25) is 0 Å². The summed E-state index contributed by atoms with van der Waals surface area (Å²) in [6.45, 7) is 0. The minimum absolute atomic E-state index is 0.511. The van der Waals surface area contributed by atoms with Crippen LogP contribution in [0.3, 0.4) is 0 Å². The molecule has 2 aromatic rings. The van der Waals surface area contributed by atoms with E-state index in [1.165, 1.54) is 11.3 Å². The molecule has 0 bridgehead atoms. The second-order valence-corrected chi connectivity index (χ2v) is 4.21. The first kappa shape index (κ1) is 9.64. The molecule has 0 fully saturated rings. The van der Waals surface area contributed by atoms with E-state index in [-0.39, 0.29) is 0 Å². The molecular weight excluding hydrogens is 222 g/mol. The predicted octanol–water partition coefficient (Wildman–Crippen LogP) is 1.61. The van der Waals surface area contributed by atoms with Gasteiger partial charge in [0.05, 0.1) is 16.1 Å². The number of aliphatic hydroxyl groups excluding tert-OH is 1. The zero-order chi connectivity index (χ0) is 10.1. The van der Waals surface area contributed by atoms with Crippen LogP contribution < -0.4 is 0 Å². The lowest BCUT2D eigenvalue weighted by atomic mass is 10.2. The van der Waals surface area contributed by atoms with Crippen molar-refractivity contribution in [2.45, 2.75) is 6.10 Å². The second-order valence-electron chi connectivity index (χ2n) is 2.85. The number of thiophene rings is 1. The lowest BCUT2D eigenvalue weighted by Gasteiger charge is -2.03. The Morgan fingerprint density at radius 2 is 2.43 bits per heavy atom. The predicted molar refractivity (Wildman–Crippen MR) is 54.4 cm³/mol. The summed E-state index contributed by atoms with van der Waals surface area (Å²) >= 11 is 7.29. The van der Waals surface area contributed by atoms with Crippen LogP contribution >= 0.6 is 22.9 Å². The SMILES string of the molecule is Cn1cc(C(O)c2sccc2Cl)nn1. The van der Waals surface area contributed by atoms with Crippen LogP contribution in [0.25, 0.3) is 0 Å². The van der Waals surface area contributed by atoms with Crippen LogP contribution in [0.2, 0.25) is 5.02 Å². The van der Waals surface area contributed by atoms with Gasteiger partial charge in [-0.15, -0.1) is 16.4 Å². The molecule has 1 N–H and O–H groups in total. The molecule has 2 aromatic heterocycles. The van der Waals surface area contributed by atoms with Crippen LogP contribution in [0.15, 0.2) is 17.6 Å². The Labute approximate surface area is 89.8 Å². The molecule has 0 aliphatic heterocycles. The normalized spacial score (nSPS) is 13.1. The van der Waals surface area contributed by atoms with Gasteiger partial charge in [0.15, 0.2) is 0 Å². The maximum Gasteiger partial charge on any atom is 0.135 e. The molecule has 4 nitrogen and oxygen atoms in total. The smallest absolute Gasteiger partial charge is 0.135 e. The number of hydrogen-bond donors (Lipinski definition) is 1. The Morgan fingerprint density at radius 1 is 1.64 bits per heavy atom. The molecule has 2 heterocycles. The van der Waals surface area contributed by atoms with Gasteiger partial charge in [-0.1, -0.05) is 16.8 Å². The average molecular weight is 230 g/mol. The standard InChI is InChI=1S/C8H8ClN3OS/c1-12-4-6(10-11-12)7(13)8-5(9)2-3-14-8/h2-4,7,13H,1H3. The molecule has 0 aromatic carbocycles. The highest BCUT2D eigenvalue weighted by atomic mass is 35.5. The zero-order valence-corrected chi connectivity index (χ0v) is 8.96. The Balaban J connectivity index is 2.33. The minimum Gasteiger partial charge on any atom is -0.381 e. The van der Waals surface area contributed by atoms with E-state index in [2.05, 4.69) is 10.3 Å². The van der Waals surface area contributed by atoms with E-state index in [0.717, 1.165) is 0 Å². The van der Waals surface area contributed by atoms with Gasteiger partial charge in [-0.25, -0.2) is 0 Å². The van der Waals surface area contributed by atoms with Crippen LogP contribution in [-0.4, -0.2) is 20.1 Å². The summed E-state index contributed by atoms with van der Waals surface area (Å²) in [6, 6.07) is 1.75. The molecule has 0 aliphatic rings. The summed E-state index contributed by atoms with van der Waals surface area (Å²) in [4.78, 5) is 0.701. The number of nitrogens with zero attached hydrogens (tertiary/aromatic N) is 3. The minimum atomic E-state index is -0.781. The van der Waals surface area contributed by atoms with E-state index in [1.807, 2.05) is 5.38 Å². The Morgan fingerprint density at radius 3 is 2.93 bits per heavy atom. The highest BCUT2D eigenvalue weighted by Crippen LogP contribution is 2.31. The van der Waals surface area contributed by atoms with Gasteiger partial charge in [-0.3, -0.25) is 4.68 Å². The van der Waals surface area contributed by atoms with Crippen LogP contribution in [-0.2, 0) is 7.05 Å². The van der Waals surface area contributed by atoms with E-state index >= 15 is 0 Å². The second kappa shape index (κ2) is 3.68. The number of hydrogen-bond acceptors (Lipinski definition) is 4. The van der Waals surface area contributed by atoms with Crippen molar-refractivity contribution in [3.63, 3.8) is 0 Å². The number of rotatable bonds is 2. The maximum absolute atomic E-state index is 9.89. The monoisotopic (exact) mass is 229 g/mol. The Hall–Kier alpha value is -0.910. The number of aliphatic hydroxyl groups is 1. The van der Waals surface area contributed by atoms with E-state index in [4.69, 9.17) is 11.6 Å². The van der Waals surface area contributed by atoms with Gasteiger partial charge >= 0.3 is 0 Å². The van der Waals surface area contributed by atoms with Crippen molar-refractivity contribution in [2.24, 2.45) is 7.05 Å². The fourth-order valence-corrected chi connectivity index (χ4v) is 2.28. The van der Waals surface area contributed by atoms with Crippen molar-refractivity contribution in [1.29, 1.82) is 0 Å². The van der Waals surface area contributed by atoms with Crippen LogP contribution in [0.4, 0.5) is 0 Å². The molecule has 0 spiro atoms. The van der Waals surface area contributed by atoms with Crippen LogP contribution in [0, 0.1) is 0 Å². The van der Waals surface area contributed by atoms with E-state index < -0.39 is 6.10 Å². The highest BCUT2D eigenvalue weighted by molar-refractivity contribution is 7.10. The molecule has 0 saturated carbocycles. The third-order valence-corrected chi connectivity index (χ3v) is 3.20. The van der Waals surface area contributed by atoms with Crippen molar-refractivity contribution < 1.29 is 5.11 Å². The summed E-state index contributed by atoms with van der Waals surface area (Å²) < 4.78 is 1.54. The van der Waals surface area contributed by atoms with E-state index in [9.17, 15) is 5.11 Å². The Bertz CT molecular complexity index is 439. The number of aryl methyl sites for hydroxylation is 1. The topological polar surface area (TPSA) is 50.9 Å². The largest absolute Gasteiger partial charge is 0.381 e. The maximum atomic E-state index is 9.89. The quantitative estimate of drug-likeness (QED) is 0.851. The first-order valence-corrected chi connectivity index (χ1v) is 5.21. The first-order valence-electron chi connectivity index (χ1n) is 3.95. The van der Waals surface area contributed by atoms with Crippen molar-refractivity contribution >= 4 is 22.9 Å². The summed E-state index contributed by atoms with van der Waals surface area (Å²) in [5.41, 5.74) is 0.511. The van der Waals surface area contributed by atoms with Gasteiger partial charge in [-0.2, -0.15) is 0 Å². The third kappa shape index (κ3) is 1.66. The molecule has 74 valence electrons. The number of halogens is 1. The third-order valence-electron chi connectivity index (χ3n) is 1.79. The molecule has 1 unspecified atom stereocenters. The molecule has 2 rings (SSSR count). The van der Waals surface area contributed by atoms with E-state index in [1.54, 1.807) is 24.0 Å². The van der Waals surface area contributed by atoms with Gasteiger partial charge in [0.1, 0.15) is 11.8 Å². The van der Waals surface area contributed by atoms with Crippen molar-refractivity contribution in [3.8, 4) is 0 Å². The van der Waals surface area contributed by atoms with Crippen LogP contribution in [0.5, 0.6) is 0 Å². The summed E-state index contributed by atoms with van der Waals surface area (Å²) in [6.07, 6.45) is 0.886. The van der Waals surface area contributed by atoms with E-state index in [0.29, 0.717) is 15.6 Å². The van der Waals surface area contributed by atoms with Gasteiger partial charge in [-0.05, 0) is 11.4 Å². The van der Waals surface area contributed by atoms with Gasteiger partial charge < -0.3 is 5.11 Å². The molecule has 0 aliphatic carbocycles. The lowest BCUT2D eigenvalue weighted by Crippen LogP contribution is -1.97. The molecule has 14 heavy (non-hydrogen) atoms. The lowest BCUT2D eigenvalue weighted by molar-refractivity contribution is 0.219. The molecule has 0 saturated heterocycles. The molecule has 6 heteroatoms. The molecular formula is C8H8ClN3OS. The van der Waals surface area contributed by atoms with Crippen LogP contribution in [0.1, 0.15) is 16.7 Å². The molecule has 1 atom stereocenters. The first-order chi connectivity index (χ1) is 6.68. The van der Waals surface area contributed by atoms with Crippen molar-refractivity contribution in [1.82, 2.24) is 15.0 Å². The average Bonchev–Trinajstić information content (AvgIpc) is 2.73. The number of aromatic nitrogens is 3. The molecule has 0 radical (unpaired) electrons. The summed E-state index contributed by atoms with van der Waals surface area (Å²) in [5.74, 6) is 0. The van der Waals surface area contributed by atoms with Gasteiger partial charge in [0, 0.05) is 7.05 Å². The Kier molecular flexibility index (Phi) is 2.54. The fourth-order valence-electron chi connectivity index (χ4n) is 1.13. The van der Waals surface area contributed by atoms with Crippen molar-refractivity contribution in [3.05, 3.63) is 33.2 Å². The van der Waals surface area contributed by atoms with Gasteiger partial charge in [0.25, 0.3) is 0 Å². The highest BCUT2D eigenvalue weighted by Gasteiger charge is 2.17. The van der Waals surface area contributed by atoms with Crippen molar-refractivity contribution in [2.75, 3.05) is 0 Å². The zero-order valence-electron chi connectivity index (χ0n) is 7.38. The fraction of sp³-hybridized carbons (Fsp3) is 0.250. The summed E-state index contributed by atoms with van der Waals surface area (Å²) in [5, 5.41) is 19.8. The summed E-state index contributed by atoms with van der Waals surface area (Å²) in [7, 11) is 1.75.